The lowest BCUT2D eigenvalue weighted by Gasteiger charge is -2.18. The van der Waals surface area contributed by atoms with Crippen LogP contribution in [0.3, 0.4) is 0 Å². The first kappa shape index (κ1) is 44.5. The van der Waals surface area contributed by atoms with Crippen LogP contribution < -0.4 is 0 Å². The molecule has 0 rings (SSSR count). The highest BCUT2D eigenvalue weighted by Gasteiger charge is 2.23. The minimum atomic E-state index is -4.82. The SMILES string of the molecule is CC/C=C\C/C=C\C/C=C\C/C=C\C/C=C\C=C/C(O)CCC(=O)O[C@H](COC(=O)CCCCCCCCC(C)C)COP(=O)(O)O. The lowest BCUT2D eigenvalue weighted by atomic mass is 10.0. The average molecular weight is 681 g/mol. The second kappa shape index (κ2) is 30.8. The second-order valence-corrected chi connectivity index (χ2v) is 13.0. The van der Waals surface area contributed by atoms with Gasteiger partial charge in [0.1, 0.15) is 6.61 Å². The first-order valence-corrected chi connectivity index (χ1v) is 18.7. The largest absolute Gasteiger partial charge is 0.469 e. The van der Waals surface area contributed by atoms with Gasteiger partial charge >= 0.3 is 19.8 Å². The van der Waals surface area contributed by atoms with Crippen LogP contribution in [0, 0.1) is 5.92 Å². The summed E-state index contributed by atoms with van der Waals surface area (Å²) >= 11 is 0. The number of rotatable bonds is 29. The van der Waals surface area contributed by atoms with Gasteiger partial charge in [-0.3, -0.25) is 14.1 Å². The summed E-state index contributed by atoms with van der Waals surface area (Å²) in [4.78, 5) is 42.5. The number of hydrogen-bond acceptors (Lipinski definition) is 7. The van der Waals surface area contributed by atoms with Gasteiger partial charge < -0.3 is 24.4 Å². The van der Waals surface area contributed by atoms with Gasteiger partial charge in [-0.1, -0.05) is 132 Å². The predicted octanol–water partition coefficient (Wildman–Crippen LogP) is 8.78. The molecule has 0 aliphatic carbocycles. The van der Waals surface area contributed by atoms with Crippen molar-refractivity contribution in [2.24, 2.45) is 5.92 Å². The third-order valence-electron chi connectivity index (χ3n) is 6.79. The van der Waals surface area contributed by atoms with E-state index in [-0.39, 0.29) is 25.9 Å². The Morgan fingerprint density at radius 2 is 1.23 bits per heavy atom. The summed E-state index contributed by atoms with van der Waals surface area (Å²) < 4.78 is 26.0. The molecule has 3 N–H and O–H groups in total. The normalized spacial score (nSPS) is 14.2. The first-order chi connectivity index (χ1) is 22.5. The molecule has 0 aromatic heterocycles. The molecule has 47 heavy (non-hydrogen) atoms. The van der Waals surface area contributed by atoms with Crippen LogP contribution in [0.15, 0.2) is 72.9 Å². The van der Waals surface area contributed by atoms with Crippen LogP contribution in [0.2, 0.25) is 0 Å². The number of ether oxygens (including phenoxy) is 2. The number of aliphatic hydroxyl groups is 1. The number of carbonyl (C=O) groups is 2. The number of carbonyl (C=O) groups excluding carboxylic acids is 2. The van der Waals surface area contributed by atoms with E-state index in [9.17, 15) is 19.3 Å². The van der Waals surface area contributed by atoms with Gasteiger partial charge in [-0.25, -0.2) is 4.57 Å². The van der Waals surface area contributed by atoms with Crippen molar-refractivity contribution in [1.29, 1.82) is 0 Å². The van der Waals surface area contributed by atoms with Gasteiger partial charge in [0.15, 0.2) is 6.10 Å². The van der Waals surface area contributed by atoms with Gasteiger partial charge in [0.2, 0.25) is 0 Å². The molecule has 0 aromatic carbocycles. The summed E-state index contributed by atoms with van der Waals surface area (Å²) in [5, 5.41) is 10.2. The molecule has 0 fully saturated rings. The van der Waals surface area contributed by atoms with Crippen molar-refractivity contribution >= 4 is 19.8 Å². The van der Waals surface area contributed by atoms with E-state index >= 15 is 0 Å². The Bertz CT molecular complexity index is 1020. The maximum atomic E-state index is 12.3. The summed E-state index contributed by atoms with van der Waals surface area (Å²) in [6.45, 7) is 5.54. The van der Waals surface area contributed by atoms with Crippen LogP contribution in [0.1, 0.15) is 117 Å². The lowest BCUT2D eigenvalue weighted by Crippen LogP contribution is -2.29. The van der Waals surface area contributed by atoms with Crippen molar-refractivity contribution in [3.8, 4) is 0 Å². The van der Waals surface area contributed by atoms with Crippen LogP contribution >= 0.6 is 7.82 Å². The molecule has 2 atom stereocenters. The number of phosphoric ester groups is 1. The van der Waals surface area contributed by atoms with Crippen LogP contribution in [0.25, 0.3) is 0 Å². The molecule has 1 unspecified atom stereocenters. The van der Waals surface area contributed by atoms with Crippen molar-refractivity contribution in [2.45, 2.75) is 129 Å². The maximum Gasteiger partial charge on any atom is 0.469 e. The molecule has 0 saturated heterocycles. The van der Waals surface area contributed by atoms with E-state index in [1.807, 2.05) is 12.2 Å². The molecule has 0 aliphatic rings. The topological polar surface area (TPSA) is 140 Å². The Hall–Kier alpha value is -2.55. The number of esters is 2. The van der Waals surface area contributed by atoms with Crippen LogP contribution in [-0.2, 0) is 28.2 Å². The summed E-state index contributed by atoms with van der Waals surface area (Å²) in [5.74, 6) is -0.466. The van der Waals surface area contributed by atoms with E-state index in [0.29, 0.717) is 6.42 Å². The van der Waals surface area contributed by atoms with Gasteiger partial charge in [0, 0.05) is 12.8 Å². The Labute approximate surface area is 283 Å². The summed E-state index contributed by atoms with van der Waals surface area (Å²) in [7, 11) is -4.82. The molecule has 0 radical (unpaired) electrons. The first-order valence-electron chi connectivity index (χ1n) is 17.2. The molecule has 0 saturated carbocycles. The highest BCUT2D eigenvalue weighted by Crippen LogP contribution is 2.35. The molecule has 10 heteroatoms. The van der Waals surface area contributed by atoms with Gasteiger partial charge in [-0.2, -0.15) is 0 Å². The zero-order valence-electron chi connectivity index (χ0n) is 28.9. The van der Waals surface area contributed by atoms with Crippen LogP contribution in [0.5, 0.6) is 0 Å². The fourth-order valence-electron chi connectivity index (χ4n) is 4.19. The number of allylic oxidation sites excluding steroid dienone is 11. The van der Waals surface area contributed by atoms with Crippen molar-refractivity contribution < 1.29 is 43.0 Å². The number of aliphatic hydroxyl groups excluding tert-OH is 1. The molecule has 0 spiro atoms. The average Bonchev–Trinajstić information content (AvgIpc) is 3.01. The van der Waals surface area contributed by atoms with Gasteiger partial charge in [0.25, 0.3) is 0 Å². The molecule has 0 aliphatic heterocycles. The fraction of sp³-hybridized carbons (Fsp3) is 0.622. The van der Waals surface area contributed by atoms with Gasteiger partial charge in [-0.15, -0.1) is 0 Å². The summed E-state index contributed by atoms with van der Waals surface area (Å²) in [6.07, 6.45) is 34.2. The van der Waals surface area contributed by atoms with E-state index < -0.39 is 38.6 Å². The third kappa shape index (κ3) is 34.6. The number of hydrogen-bond donors (Lipinski definition) is 3. The molecule has 0 heterocycles. The minimum absolute atomic E-state index is 0.0867. The molecule has 0 amide bonds. The van der Waals surface area contributed by atoms with E-state index in [0.717, 1.165) is 57.3 Å². The van der Waals surface area contributed by atoms with Gasteiger partial charge in [-0.05, 0) is 50.9 Å². The smallest absolute Gasteiger partial charge is 0.462 e. The Morgan fingerprint density at radius 1 is 0.681 bits per heavy atom. The zero-order valence-corrected chi connectivity index (χ0v) is 29.8. The van der Waals surface area contributed by atoms with Crippen molar-refractivity contribution in [3.63, 3.8) is 0 Å². The Balaban J connectivity index is 4.31. The maximum absolute atomic E-state index is 12.3. The molecular formula is C37H61O9P. The van der Waals surface area contributed by atoms with Gasteiger partial charge in [0.05, 0.1) is 12.7 Å². The van der Waals surface area contributed by atoms with E-state index in [1.165, 1.54) is 19.3 Å². The van der Waals surface area contributed by atoms with E-state index in [2.05, 4.69) is 73.9 Å². The van der Waals surface area contributed by atoms with Crippen LogP contribution in [0.4, 0.5) is 0 Å². The molecule has 0 bridgehead atoms. The van der Waals surface area contributed by atoms with Crippen molar-refractivity contribution in [3.05, 3.63) is 72.9 Å². The zero-order chi connectivity index (χ0) is 35.0. The van der Waals surface area contributed by atoms with E-state index in [1.54, 1.807) is 12.2 Å². The fourth-order valence-corrected chi connectivity index (χ4v) is 4.55. The molecule has 0 aromatic rings. The monoisotopic (exact) mass is 680 g/mol. The molecular weight excluding hydrogens is 619 g/mol. The van der Waals surface area contributed by atoms with E-state index in [4.69, 9.17) is 19.3 Å². The third-order valence-corrected chi connectivity index (χ3v) is 7.27. The lowest BCUT2D eigenvalue weighted by molar-refractivity contribution is -0.161. The van der Waals surface area contributed by atoms with Crippen molar-refractivity contribution in [1.82, 2.24) is 0 Å². The standard InChI is InChI=1S/C37H61O9P/c1-4-5-6-7-8-9-10-11-12-13-14-15-16-17-21-24-27-34(38)29-30-37(40)46-35(32-45-47(41,42)43)31-44-36(39)28-25-22-19-18-20-23-26-33(2)3/h5-6,8-9,11-12,14-15,17,21,24,27,33-35,38H,4,7,10,13,16,18-20,22-23,25-26,28-32H2,1-3H3,(H2,41,42,43)/b6-5-,9-8-,12-11-,15-14-,21-17-,27-24-/t34?,35-/m1/s1. The quantitative estimate of drug-likeness (QED) is 0.0233. The summed E-state index contributed by atoms with van der Waals surface area (Å²) in [6, 6.07) is 0. The van der Waals surface area contributed by atoms with Crippen molar-refractivity contribution in [2.75, 3.05) is 13.2 Å². The predicted molar refractivity (Wildman–Crippen MR) is 189 cm³/mol. The Morgan fingerprint density at radius 3 is 1.81 bits per heavy atom. The van der Waals surface area contributed by atoms with Crippen LogP contribution in [-0.4, -0.2) is 52.3 Å². The highest BCUT2D eigenvalue weighted by atomic mass is 31.2. The second-order valence-electron chi connectivity index (χ2n) is 11.8. The highest BCUT2D eigenvalue weighted by molar-refractivity contribution is 7.46. The summed E-state index contributed by atoms with van der Waals surface area (Å²) in [5.41, 5.74) is 0. The minimum Gasteiger partial charge on any atom is -0.462 e. The number of phosphoric acid groups is 1. The number of unbranched alkanes of at least 4 members (excludes halogenated alkanes) is 5. The molecule has 268 valence electrons. The molecule has 9 nitrogen and oxygen atoms in total. The Kier molecular flexibility index (Phi) is 29.1.